The molecule has 58 valence electrons. The minimum absolute atomic E-state index is 1.43. The average Bonchev–Trinajstić information content (AvgIpc) is 1.64. The largest absolute Gasteiger partial charge is 0.478 e. The quantitative estimate of drug-likeness (QED) is 0.614. The number of halogens is 3. The van der Waals surface area contributed by atoms with E-state index in [1.165, 1.54) is 6.92 Å². The third kappa shape index (κ3) is 10.7. The zero-order valence-electron chi connectivity index (χ0n) is 4.94. The van der Waals surface area contributed by atoms with E-state index in [1.54, 1.807) is 6.07 Å². The third-order valence-corrected chi connectivity index (χ3v) is 0.728. The molecule has 10 heavy (non-hydrogen) atoms. The van der Waals surface area contributed by atoms with Gasteiger partial charge >= 0.3 is 5.97 Å². The standard InChI is InChI=1S/C2HCl3O2.C2H3N/c3-2(4,5)1(6)7;1-2-3/h(H,6,7);1H3. The summed E-state index contributed by atoms with van der Waals surface area (Å²) in [5.41, 5.74) is 0. The Bertz CT molecular complexity index is 146. The van der Waals surface area contributed by atoms with Crippen LogP contribution < -0.4 is 0 Å². The summed E-state index contributed by atoms with van der Waals surface area (Å²) in [5.74, 6) is -1.46. The zero-order valence-corrected chi connectivity index (χ0v) is 7.20. The van der Waals surface area contributed by atoms with Crippen molar-refractivity contribution in [3.8, 4) is 6.07 Å². The molecule has 0 aromatic rings. The number of rotatable bonds is 0. The second-order valence-corrected chi connectivity index (χ2v) is 3.31. The Labute approximate surface area is 73.1 Å². The highest BCUT2D eigenvalue weighted by molar-refractivity contribution is 6.75. The maximum Gasteiger partial charge on any atom is 0.356 e. The predicted molar refractivity (Wildman–Crippen MR) is 39.2 cm³/mol. The van der Waals surface area contributed by atoms with Gasteiger partial charge in [0.05, 0.1) is 6.07 Å². The normalized spacial score (nSPS) is 8.70. The van der Waals surface area contributed by atoms with Crippen molar-refractivity contribution in [1.29, 1.82) is 5.26 Å². The Balaban J connectivity index is 0. The fourth-order valence-corrected chi connectivity index (χ4v) is 0. The number of hydrogen-bond donors (Lipinski definition) is 1. The summed E-state index contributed by atoms with van der Waals surface area (Å²) < 4.78 is -2.17. The molecule has 0 bridgehead atoms. The van der Waals surface area contributed by atoms with Crippen LogP contribution in [0.4, 0.5) is 0 Å². The number of carbonyl (C=O) groups is 1. The minimum atomic E-state index is -2.17. The molecule has 3 nitrogen and oxygen atoms in total. The summed E-state index contributed by atoms with van der Waals surface area (Å²) in [6.45, 7) is 1.43. The van der Waals surface area contributed by atoms with Crippen molar-refractivity contribution in [3.05, 3.63) is 0 Å². The number of nitrogens with zero attached hydrogens (tertiary/aromatic N) is 1. The number of carboxylic acid groups (broad SMARTS) is 1. The van der Waals surface area contributed by atoms with E-state index in [4.69, 9.17) is 45.2 Å². The highest BCUT2D eigenvalue weighted by Gasteiger charge is 2.29. The summed E-state index contributed by atoms with van der Waals surface area (Å²) in [5, 5.41) is 15.2. The summed E-state index contributed by atoms with van der Waals surface area (Å²) in [6.07, 6.45) is 0. The Morgan fingerprint density at radius 3 is 1.70 bits per heavy atom. The summed E-state index contributed by atoms with van der Waals surface area (Å²) >= 11 is 14.4. The summed E-state index contributed by atoms with van der Waals surface area (Å²) in [6, 6.07) is 1.75. The SMILES string of the molecule is CC#N.O=C(O)C(Cl)(Cl)Cl. The van der Waals surface area contributed by atoms with Gasteiger partial charge in [-0.2, -0.15) is 5.26 Å². The first-order chi connectivity index (χ1) is 4.36. The molecule has 0 unspecified atom stereocenters. The van der Waals surface area contributed by atoms with Gasteiger partial charge < -0.3 is 5.11 Å². The molecule has 1 N–H and O–H groups in total. The molecule has 0 fully saturated rings. The van der Waals surface area contributed by atoms with Crippen molar-refractivity contribution in [2.24, 2.45) is 0 Å². The lowest BCUT2D eigenvalue weighted by Crippen LogP contribution is -2.16. The van der Waals surface area contributed by atoms with Crippen LogP contribution in [-0.2, 0) is 4.79 Å². The van der Waals surface area contributed by atoms with Gasteiger partial charge in [-0.15, -0.1) is 0 Å². The van der Waals surface area contributed by atoms with Gasteiger partial charge in [-0.25, -0.2) is 4.79 Å². The van der Waals surface area contributed by atoms with Crippen molar-refractivity contribution >= 4 is 40.8 Å². The Kier molecular flexibility index (Phi) is 7.00. The molecule has 0 rings (SSSR count). The Morgan fingerprint density at radius 2 is 1.70 bits per heavy atom. The molecule has 0 saturated heterocycles. The second kappa shape index (κ2) is 5.60. The maximum atomic E-state index is 9.62. The highest BCUT2D eigenvalue weighted by atomic mass is 35.6. The van der Waals surface area contributed by atoms with Crippen LogP contribution in [0, 0.1) is 11.3 Å². The molecule has 6 heteroatoms. The van der Waals surface area contributed by atoms with Crippen molar-refractivity contribution < 1.29 is 9.90 Å². The van der Waals surface area contributed by atoms with Crippen LogP contribution in [0.25, 0.3) is 0 Å². The first-order valence-corrected chi connectivity index (χ1v) is 3.10. The van der Waals surface area contributed by atoms with Gasteiger partial charge in [0.2, 0.25) is 0 Å². The molecule has 0 radical (unpaired) electrons. The predicted octanol–water partition coefficient (Wildman–Crippen LogP) is 1.97. The lowest BCUT2D eigenvalue weighted by molar-refractivity contribution is -0.135. The van der Waals surface area contributed by atoms with Gasteiger partial charge in [0, 0.05) is 6.92 Å². The molecule has 0 saturated carbocycles. The van der Waals surface area contributed by atoms with Crippen LogP contribution in [0.3, 0.4) is 0 Å². The second-order valence-electron chi connectivity index (χ2n) is 1.03. The van der Waals surface area contributed by atoms with Crippen molar-refractivity contribution in [3.63, 3.8) is 0 Å². The van der Waals surface area contributed by atoms with Crippen molar-refractivity contribution in [2.75, 3.05) is 0 Å². The molecule has 0 aliphatic carbocycles. The number of alkyl halides is 3. The number of aliphatic carboxylic acids is 1. The monoisotopic (exact) mass is 203 g/mol. The first-order valence-electron chi connectivity index (χ1n) is 1.97. The van der Waals surface area contributed by atoms with Crippen LogP contribution in [0.1, 0.15) is 6.92 Å². The van der Waals surface area contributed by atoms with Crippen molar-refractivity contribution in [2.45, 2.75) is 10.7 Å². The third-order valence-electron chi connectivity index (χ3n) is 0.243. The van der Waals surface area contributed by atoms with Crippen LogP contribution in [0.5, 0.6) is 0 Å². The van der Waals surface area contributed by atoms with Crippen LogP contribution in [0.2, 0.25) is 0 Å². The molecular formula is C4H4Cl3NO2. The van der Waals surface area contributed by atoms with Crippen LogP contribution in [0.15, 0.2) is 0 Å². The molecule has 0 aromatic heterocycles. The van der Waals surface area contributed by atoms with Gasteiger partial charge in [-0.3, -0.25) is 0 Å². The van der Waals surface area contributed by atoms with E-state index >= 15 is 0 Å². The molecule has 0 spiro atoms. The van der Waals surface area contributed by atoms with Gasteiger partial charge in [0.1, 0.15) is 0 Å². The smallest absolute Gasteiger partial charge is 0.356 e. The summed E-state index contributed by atoms with van der Waals surface area (Å²) in [4.78, 5) is 9.62. The topological polar surface area (TPSA) is 61.1 Å². The van der Waals surface area contributed by atoms with E-state index in [-0.39, 0.29) is 0 Å². The van der Waals surface area contributed by atoms with Crippen LogP contribution >= 0.6 is 34.8 Å². The van der Waals surface area contributed by atoms with Crippen LogP contribution in [-0.4, -0.2) is 14.9 Å². The number of carboxylic acids is 1. The average molecular weight is 204 g/mol. The molecule has 0 aliphatic heterocycles. The molecule has 0 aromatic carbocycles. The molecule has 0 atom stereocenters. The minimum Gasteiger partial charge on any atom is -0.478 e. The number of nitriles is 1. The molecule has 0 heterocycles. The van der Waals surface area contributed by atoms with Gasteiger partial charge in [0.15, 0.2) is 0 Å². The molecule has 0 amide bonds. The fraction of sp³-hybridized carbons (Fsp3) is 0.500. The lowest BCUT2D eigenvalue weighted by atomic mass is 10.8. The van der Waals surface area contributed by atoms with E-state index in [2.05, 4.69) is 0 Å². The summed E-state index contributed by atoms with van der Waals surface area (Å²) in [7, 11) is 0. The fourth-order valence-electron chi connectivity index (χ4n) is 0. The molecule has 0 aliphatic rings. The first kappa shape index (κ1) is 12.5. The van der Waals surface area contributed by atoms with Gasteiger partial charge in [-0.05, 0) is 0 Å². The van der Waals surface area contributed by atoms with E-state index in [0.717, 1.165) is 0 Å². The Hall–Kier alpha value is -0.170. The maximum absolute atomic E-state index is 9.62. The lowest BCUT2D eigenvalue weighted by Gasteiger charge is -1.99. The van der Waals surface area contributed by atoms with Crippen molar-refractivity contribution in [1.82, 2.24) is 0 Å². The zero-order chi connectivity index (χ0) is 8.78. The van der Waals surface area contributed by atoms with Gasteiger partial charge in [-0.1, -0.05) is 34.8 Å². The highest BCUT2D eigenvalue weighted by Crippen LogP contribution is 2.25. The Morgan fingerprint density at radius 1 is 1.60 bits per heavy atom. The number of hydrogen-bond acceptors (Lipinski definition) is 2. The van der Waals surface area contributed by atoms with E-state index in [1.807, 2.05) is 0 Å². The van der Waals surface area contributed by atoms with E-state index in [9.17, 15) is 4.79 Å². The molecular weight excluding hydrogens is 200 g/mol. The van der Waals surface area contributed by atoms with E-state index < -0.39 is 9.76 Å². The van der Waals surface area contributed by atoms with E-state index in [0.29, 0.717) is 0 Å². The van der Waals surface area contributed by atoms with Gasteiger partial charge in [0.25, 0.3) is 3.79 Å².